The summed E-state index contributed by atoms with van der Waals surface area (Å²) in [6, 6.07) is 11.6. The molecule has 1 fully saturated rings. The number of carbonyl (C=O) groups excluding carboxylic acids is 1. The van der Waals surface area contributed by atoms with Crippen LogP contribution in [0.4, 0.5) is 11.4 Å². The zero-order chi connectivity index (χ0) is 21.0. The van der Waals surface area contributed by atoms with Gasteiger partial charge in [0.15, 0.2) is 5.11 Å². The molecule has 3 rings (SSSR count). The van der Waals surface area contributed by atoms with Gasteiger partial charge in [-0.1, -0.05) is 23.2 Å². The van der Waals surface area contributed by atoms with Gasteiger partial charge >= 0.3 is 0 Å². The van der Waals surface area contributed by atoms with E-state index in [1.54, 1.807) is 0 Å². The Labute approximate surface area is 186 Å². The first-order valence-corrected chi connectivity index (χ1v) is 10.6. The summed E-state index contributed by atoms with van der Waals surface area (Å²) in [6.07, 6.45) is 3.72. The molecule has 2 aromatic rings. The van der Waals surface area contributed by atoms with Crippen molar-refractivity contribution >= 4 is 57.8 Å². The average Bonchev–Trinajstić information content (AvgIpc) is 2.68. The van der Waals surface area contributed by atoms with Gasteiger partial charge in [0.1, 0.15) is 5.75 Å². The molecule has 1 aliphatic heterocycles. The molecule has 0 saturated carbocycles. The number of halogens is 2. The lowest BCUT2D eigenvalue weighted by molar-refractivity contribution is 0.0975. The van der Waals surface area contributed by atoms with Crippen molar-refractivity contribution in [2.75, 3.05) is 23.9 Å². The number of nitrogens with zero attached hydrogens (tertiary/aromatic N) is 1. The first-order valence-electron chi connectivity index (χ1n) is 9.41. The Morgan fingerprint density at radius 1 is 1.21 bits per heavy atom. The van der Waals surface area contributed by atoms with Gasteiger partial charge in [0.2, 0.25) is 0 Å². The number of benzene rings is 2. The molecule has 0 spiro atoms. The molecule has 1 amide bonds. The number of nitrogens with one attached hydrogen (secondary N) is 2. The summed E-state index contributed by atoms with van der Waals surface area (Å²) in [5.74, 6) is -0.209. The van der Waals surface area contributed by atoms with Crippen molar-refractivity contribution in [2.24, 2.45) is 0 Å². The molecule has 1 aliphatic rings. The zero-order valence-electron chi connectivity index (χ0n) is 16.3. The van der Waals surface area contributed by atoms with Crippen LogP contribution < -0.4 is 20.3 Å². The van der Waals surface area contributed by atoms with Crippen LogP contribution in [0.5, 0.6) is 5.75 Å². The van der Waals surface area contributed by atoms with Gasteiger partial charge in [-0.3, -0.25) is 10.1 Å². The van der Waals surface area contributed by atoms with Crippen LogP contribution in [0.15, 0.2) is 36.4 Å². The van der Waals surface area contributed by atoms with E-state index in [0.717, 1.165) is 12.2 Å². The minimum Gasteiger partial charge on any atom is -0.494 e. The second-order valence-electron chi connectivity index (χ2n) is 6.96. The Morgan fingerprint density at radius 2 is 1.93 bits per heavy atom. The Balaban J connectivity index is 1.64. The third-order valence-electron chi connectivity index (χ3n) is 4.94. The lowest BCUT2D eigenvalue weighted by atomic mass is 10.0. The van der Waals surface area contributed by atoms with Gasteiger partial charge in [0.25, 0.3) is 5.91 Å². The molecule has 1 atom stereocenters. The van der Waals surface area contributed by atoms with Gasteiger partial charge < -0.3 is 15.0 Å². The highest BCUT2D eigenvalue weighted by molar-refractivity contribution is 7.80. The quantitative estimate of drug-likeness (QED) is 0.600. The van der Waals surface area contributed by atoms with Gasteiger partial charge in [-0.15, -0.1) is 0 Å². The molecule has 1 saturated heterocycles. The van der Waals surface area contributed by atoms with Gasteiger partial charge in [0.05, 0.1) is 17.7 Å². The summed E-state index contributed by atoms with van der Waals surface area (Å²) in [5.41, 5.74) is 2.19. The molecule has 0 aromatic heterocycles. The molecule has 5 nitrogen and oxygen atoms in total. The zero-order valence-corrected chi connectivity index (χ0v) is 18.6. The average molecular weight is 452 g/mol. The summed E-state index contributed by atoms with van der Waals surface area (Å²) >= 11 is 17.4. The Kier molecular flexibility index (Phi) is 7.22. The molecule has 2 aromatic carbocycles. The maximum Gasteiger partial charge on any atom is 0.261 e. The third-order valence-corrected chi connectivity index (χ3v) is 5.65. The highest BCUT2D eigenvalue weighted by Crippen LogP contribution is 2.32. The molecule has 0 aliphatic carbocycles. The molecule has 8 heteroatoms. The molecule has 154 valence electrons. The summed E-state index contributed by atoms with van der Waals surface area (Å²) < 4.78 is 5.21. The molecule has 2 N–H and O–H groups in total. The predicted molar refractivity (Wildman–Crippen MR) is 124 cm³/mol. The number of rotatable bonds is 4. The summed E-state index contributed by atoms with van der Waals surface area (Å²) in [4.78, 5) is 15.0. The first-order chi connectivity index (χ1) is 13.9. The van der Waals surface area contributed by atoms with Crippen LogP contribution in [0.25, 0.3) is 0 Å². The van der Waals surface area contributed by atoms with Crippen molar-refractivity contribution in [1.82, 2.24) is 5.32 Å². The van der Waals surface area contributed by atoms with Crippen molar-refractivity contribution < 1.29 is 9.53 Å². The van der Waals surface area contributed by atoms with Gasteiger partial charge in [-0.2, -0.15) is 0 Å². The standard InChI is InChI=1S/C21H23Cl2N3O2S/c1-13-5-3-4-10-26(13)16-8-6-15(7-9-16)24-21(29)25-20(27)17-11-14(22)12-18(23)19(17)28-2/h6-9,11-13H,3-5,10H2,1-2H3,(H2,24,25,27,29)/t13-/m0/s1. The fraction of sp³-hybridized carbons (Fsp3) is 0.333. The second-order valence-corrected chi connectivity index (χ2v) is 8.21. The molecule has 1 heterocycles. The lowest BCUT2D eigenvalue weighted by Crippen LogP contribution is -2.37. The van der Waals surface area contributed by atoms with Crippen LogP contribution in [-0.4, -0.2) is 30.7 Å². The van der Waals surface area contributed by atoms with Crippen LogP contribution in [0.2, 0.25) is 10.0 Å². The van der Waals surface area contributed by atoms with Gasteiger partial charge in [-0.05, 0) is 74.8 Å². The molecule has 0 radical (unpaired) electrons. The van der Waals surface area contributed by atoms with Crippen molar-refractivity contribution in [3.05, 3.63) is 52.0 Å². The van der Waals surface area contributed by atoms with Crippen molar-refractivity contribution in [3.63, 3.8) is 0 Å². The largest absolute Gasteiger partial charge is 0.494 e. The monoisotopic (exact) mass is 451 g/mol. The number of methoxy groups -OCH3 is 1. The number of piperidine rings is 1. The molecule has 29 heavy (non-hydrogen) atoms. The molecular weight excluding hydrogens is 429 g/mol. The smallest absolute Gasteiger partial charge is 0.261 e. The highest BCUT2D eigenvalue weighted by atomic mass is 35.5. The number of carbonyl (C=O) groups is 1. The van der Waals surface area contributed by atoms with E-state index in [-0.39, 0.29) is 21.4 Å². The van der Waals surface area contributed by atoms with Crippen LogP contribution in [0.3, 0.4) is 0 Å². The van der Waals surface area contributed by atoms with E-state index in [0.29, 0.717) is 11.1 Å². The molecular formula is C21H23Cl2N3O2S. The summed E-state index contributed by atoms with van der Waals surface area (Å²) in [7, 11) is 1.44. The van der Waals surface area contributed by atoms with Crippen LogP contribution in [-0.2, 0) is 0 Å². The number of thiocarbonyl (C=S) groups is 1. The fourth-order valence-electron chi connectivity index (χ4n) is 3.49. The van der Waals surface area contributed by atoms with Crippen molar-refractivity contribution in [2.45, 2.75) is 32.2 Å². The SMILES string of the molecule is COc1c(Cl)cc(Cl)cc1C(=O)NC(=S)Nc1ccc(N2CCCC[C@@H]2C)cc1. The van der Waals surface area contributed by atoms with E-state index >= 15 is 0 Å². The maximum absolute atomic E-state index is 12.6. The van der Waals surface area contributed by atoms with E-state index in [1.807, 2.05) is 12.1 Å². The van der Waals surface area contributed by atoms with Gasteiger partial charge in [0, 0.05) is 29.0 Å². The van der Waals surface area contributed by atoms with Gasteiger partial charge in [-0.25, -0.2) is 0 Å². The minimum absolute atomic E-state index is 0.173. The third kappa shape index (κ3) is 5.32. The van der Waals surface area contributed by atoms with Crippen molar-refractivity contribution in [3.8, 4) is 5.75 Å². The number of hydrogen-bond acceptors (Lipinski definition) is 4. The number of ether oxygens (including phenoxy) is 1. The summed E-state index contributed by atoms with van der Waals surface area (Å²) in [5, 5.41) is 6.42. The van der Waals surface area contributed by atoms with Crippen molar-refractivity contribution in [1.29, 1.82) is 0 Å². The maximum atomic E-state index is 12.6. The topological polar surface area (TPSA) is 53.6 Å². The van der Waals surface area contributed by atoms with Crippen LogP contribution in [0, 0.1) is 0 Å². The number of hydrogen-bond donors (Lipinski definition) is 2. The molecule has 0 unspecified atom stereocenters. The van der Waals surface area contributed by atoms with E-state index < -0.39 is 5.91 Å². The minimum atomic E-state index is -0.456. The normalized spacial score (nSPS) is 16.3. The number of anilines is 2. The predicted octanol–water partition coefficient (Wildman–Crippen LogP) is 5.51. The first kappa shape index (κ1) is 21.7. The van der Waals surface area contributed by atoms with Crippen LogP contribution in [0.1, 0.15) is 36.5 Å². The van der Waals surface area contributed by atoms with E-state index in [1.165, 1.54) is 44.2 Å². The summed E-state index contributed by atoms with van der Waals surface area (Å²) in [6.45, 7) is 3.33. The molecule has 0 bridgehead atoms. The second kappa shape index (κ2) is 9.65. The van der Waals surface area contributed by atoms with E-state index in [2.05, 4.69) is 34.6 Å². The fourth-order valence-corrected chi connectivity index (χ4v) is 4.27. The lowest BCUT2D eigenvalue weighted by Gasteiger charge is -2.35. The number of amides is 1. The Morgan fingerprint density at radius 3 is 2.59 bits per heavy atom. The Hall–Kier alpha value is -2.02. The van der Waals surface area contributed by atoms with Crippen LogP contribution >= 0.6 is 35.4 Å². The van der Waals surface area contributed by atoms with E-state index in [4.69, 9.17) is 40.2 Å². The highest BCUT2D eigenvalue weighted by Gasteiger charge is 2.19. The van der Waals surface area contributed by atoms with E-state index in [9.17, 15) is 4.79 Å². The Bertz CT molecular complexity index is 906.